The van der Waals surface area contributed by atoms with Gasteiger partial charge in [-0.15, -0.1) is 22.7 Å². The monoisotopic (exact) mass is 877 g/mol. The molecule has 2 fully saturated rings. The van der Waals surface area contributed by atoms with E-state index in [-0.39, 0.29) is 91.5 Å². The van der Waals surface area contributed by atoms with Crippen LogP contribution in [0.15, 0.2) is 49.0 Å². The minimum atomic E-state index is -3.02. The quantitative estimate of drug-likeness (QED) is 0.145. The summed E-state index contributed by atoms with van der Waals surface area (Å²) in [5, 5.41) is 19.1. The Kier molecular flexibility index (Phi) is 8.46. The minimum Gasteiger partial charge on any atom is -0.367 e. The van der Waals surface area contributed by atoms with Crippen molar-refractivity contribution in [1.29, 1.82) is 10.5 Å². The van der Waals surface area contributed by atoms with Gasteiger partial charge in [0.25, 0.3) is 0 Å². The van der Waals surface area contributed by atoms with Gasteiger partial charge in [-0.2, -0.15) is 10.5 Å². The molecule has 0 amide bonds. The predicted octanol–water partition coefficient (Wildman–Crippen LogP) is 10.1. The van der Waals surface area contributed by atoms with E-state index < -0.39 is 91.9 Å². The number of thiophene rings is 2. The van der Waals surface area contributed by atoms with Crippen LogP contribution < -0.4 is 10.6 Å². The first-order chi connectivity index (χ1) is 33.8. The highest BCUT2D eigenvalue weighted by atomic mass is 35.5. The van der Waals surface area contributed by atoms with Crippen molar-refractivity contribution in [3.8, 4) is 12.1 Å². The van der Waals surface area contributed by atoms with Gasteiger partial charge < -0.3 is 10.6 Å². The van der Waals surface area contributed by atoms with Crippen LogP contribution in [0.4, 0.5) is 24.8 Å². The van der Waals surface area contributed by atoms with Gasteiger partial charge in [-0.25, -0.2) is 33.1 Å². The SMILES string of the molecule is [2H]c1nc(N([2H])C2([2H])C([2H])([2H])CN(C([2H])c3cc(F)c(F)c(C#N)c3)CC2([2H])[2H])c2c([2H])c(Cl)sc2n1.[2H]c1nc(N([2H])C2([2H])CCN(C([2H])c3cc(Cl)c(F)c(C#N)c3)CC2)c2c([2H])c(C([2H])(C)C)sc2n1. The van der Waals surface area contributed by atoms with Gasteiger partial charge in [-0.3, -0.25) is 9.80 Å². The molecule has 10 nitrogen and oxygen atoms in total. The molecule has 8 rings (SSSR count). The molecule has 0 bridgehead atoms. The summed E-state index contributed by atoms with van der Waals surface area (Å²) in [6, 6.07) is 2.61. The van der Waals surface area contributed by atoms with Crippen molar-refractivity contribution in [3.63, 3.8) is 0 Å². The maximum Gasteiger partial charge on any atom is 0.176 e. The van der Waals surface area contributed by atoms with Crippen molar-refractivity contribution >= 4 is 77.9 Å². The highest BCUT2D eigenvalue weighted by Crippen LogP contribution is 2.34. The number of nitrogens with one attached hydrogen (secondary N) is 2. The van der Waals surface area contributed by atoms with Crippen LogP contribution in [0.1, 0.15) is 90.3 Å². The van der Waals surface area contributed by atoms with E-state index in [1.807, 2.05) is 0 Å². The Bertz CT molecular complexity index is 3220. The normalized spacial score (nSPS) is 23.4. The summed E-state index contributed by atoms with van der Waals surface area (Å²) in [6.45, 7) is -0.352. The fourth-order valence-corrected chi connectivity index (χ4v) is 7.80. The molecular formula is C41H39Cl2F3N10S2. The number of nitriles is 2. The Morgan fingerprint density at radius 1 is 0.862 bits per heavy atom. The molecule has 2 aliphatic heterocycles. The lowest BCUT2D eigenvalue weighted by Gasteiger charge is -2.32. The Morgan fingerprint density at radius 3 is 2.03 bits per heavy atom. The molecular weight excluding hydrogens is 825 g/mol. The van der Waals surface area contributed by atoms with Crippen LogP contribution in [-0.2, 0) is 13.0 Å². The van der Waals surface area contributed by atoms with Crippen LogP contribution >= 0.6 is 45.9 Å². The number of nitrogens with zero attached hydrogens (tertiary/aromatic N) is 8. The van der Waals surface area contributed by atoms with E-state index in [0.29, 0.717) is 21.3 Å². The van der Waals surface area contributed by atoms with Gasteiger partial charge in [0, 0.05) is 65.7 Å². The maximum absolute atomic E-state index is 14.0. The molecule has 58 heavy (non-hydrogen) atoms. The Hall–Kier alpha value is -4.61. The van der Waals surface area contributed by atoms with Crippen LogP contribution in [0.3, 0.4) is 0 Å². The van der Waals surface area contributed by atoms with E-state index in [1.54, 1.807) is 24.8 Å². The van der Waals surface area contributed by atoms with E-state index in [9.17, 15) is 13.2 Å². The summed E-state index contributed by atoms with van der Waals surface area (Å²) < 4.78 is 169. The first kappa shape index (κ1) is 26.5. The molecule has 6 heterocycles. The molecule has 2 aromatic carbocycles. The Morgan fingerprint density at radius 2 is 1.41 bits per heavy atom. The van der Waals surface area contributed by atoms with E-state index >= 15 is 0 Å². The Balaban J connectivity index is 0.000000214. The molecule has 4 aromatic heterocycles. The lowest BCUT2D eigenvalue weighted by atomic mass is 10.0. The van der Waals surface area contributed by atoms with Crippen LogP contribution in [0.5, 0.6) is 0 Å². The van der Waals surface area contributed by atoms with E-state index in [4.69, 9.17) is 54.4 Å². The summed E-state index contributed by atoms with van der Waals surface area (Å²) >= 11 is 13.8. The number of benzene rings is 2. The van der Waals surface area contributed by atoms with Crippen LogP contribution in [0.25, 0.3) is 20.4 Å². The highest BCUT2D eigenvalue weighted by molar-refractivity contribution is 7.22. The molecule has 0 radical (unpaired) electrons. The van der Waals surface area contributed by atoms with Gasteiger partial charge in [0.05, 0.1) is 36.7 Å². The summed E-state index contributed by atoms with van der Waals surface area (Å²) in [6.07, 6.45) is -6.43. The summed E-state index contributed by atoms with van der Waals surface area (Å²) in [7, 11) is 0. The molecule has 0 aliphatic carbocycles. The van der Waals surface area contributed by atoms with Crippen molar-refractivity contribution in [2.24, 2.45) is 0 Å². The van der Waals surface area contributed by atoms with E-state index in [2.05, 4.69) is 19.9 Å². The highest BCUT2D eigenvalue weighted by Gasteiger charge is 2.24. The smallest absolute Gasteiger partial charge is 0.176 e. The molecule has 0 spiro atoms. The number of likely N-dealkylation sites (tertiary alicyclic amines) is 2. The van der Waals surface area contributed by atoms with Gasteiger partial charge in [-0.05, 0) is 79.0 Å². The fourth-order valence-electron chi connectivity index (χ4n) is 5.72. The summed E-state index contributed by atoms with van der Waals surface area (Å²) in [4.78, 5) is 19.3. The first-order valence-electron chi connectivity index (χ1n) is 24.8. The summed E-state index contributed by atoms with van der Waals surface area (Å²) in [5.41, 5.74) is -0.792. The van der Waals surface area contributed by atoms with Gasteiger partial charge in [-0.1, -0.05) is 37.0 Å². The predicted molar refractivity (Wildman–Crippen MR) is 225 cm³/mol. The number of hydrogen-bond acceptors (Lipinski definition) is 12. The van der Waals surface area contributed by atoms with Gasteiger partial charge in [0.15, 0.2) is 20.3 Å². The minimum absolute atomic E-state index is 0.0170. The zero-order valence-corrected chi connectivity index (χ0v) is 33.5. The van der Waals surface area contributed by atoms with Crippen molar-refractivity contribution in [3.05, 3.63) is 103 Å². The average Bonchev–Trinajstić information content (AvgIpc) is 3.81. The Labute approximate surface area is 373 Å². The van der Waals surface area contributed by atoms with Gasteiger partial charge in [0.1, 0.15) is 48.8 Å². The fraction of sp³-hybridized carbons (Fsp3) is 0.366. The zero-order valence-electron chi connectivity index (χ0n) is 45.4. The largest absolute Gasteiger partial charge is 0.367 e. The van der Waals surface area contributed by atoms with Gasteiger partial charge in [0.2, 0.25) is 0 Å². The average molecular weight is 879 g/mol. The van der Waals surface area contributed by atoms with Gasteiger partial charge >= 0.3 is 0 Å². The molecule has 17 heteroatoms. The molecule has 2 unspecified atom stereocenters. The second-order valence-corrected chi connectivity index (χ2v) is 15.9. The van der Waals surface area contributed by atoms with E-state index in [0.717, 1.165) is 38.9 Å². The number of halogens is 5. The second kappa shape index (κ2) is 18.5. The van der Waals surface area contributed by atoms with Crippen molar-refractivity contribution in [2.45, 2.75) is 70.4 Å². The van der Waals surface area contributed by atoms with Crippen LogP contribution in [-0.4, -0.2) is 68.0 Å². The van der Waals surface area contributed by atoms with Crippen molar-refractivity contribution < 1.29 is 33.8 Å². The molecule has 2 atom stereocenters. The number of anilines is 2. The molecule has 2 aliphatic rings. The number of hydrogen-bond donors (Lipinski definition) is 2. The lowest BCUT2D eigenvalue weighted by Crippen LogP contribution is -2.38. The summed E-state index contributed by atoms with van der Waals surface area (Å²) in [5.74, 6) is -5.28. The third-order valence-electron chi connectivity index (χ3n) is 8.55. The molecule has 2 saturated heterocycles. The van der Waals surface area contributed by atoms with Crippen LogP contribution in [0.2, 0.25) is 12.2 Å². The third kappa shape index (κ3) is 9.80. The van der Waals surface area contributed by atoms with E-state index in [1.165, 1.54) is 18.2 Å². The standard InChI is InChI=1S/C22H23ClFN5S.C19H16ClF2N5S/c1-13(2)19-9-17-21(26-12-27-22(17)30-19)28-16-3-5-29(6-4-16)11-14-7-15(10-25)20(24)18(23)8-14;20-16-7-14-18(24-10-25-19(14)28-16)26-13-1-3-27(4-2-13)9-11-5-12(8-23)17(22)15(21)6-11/h7-9,12-13,16H,3-6,11H2,1-2H3,(H,26,27,28);5-7,10,13H,1-4,9H2,(H,24,25,26)/i9D,11D,12D,13D,16D;1D2,2D2,7D,9D,10D,13D/hD2. The molecule has 0 saturated carbocycles. The maximum atomic E-state index is 14.0. The third-order valence-corrected chi connectivity index (χ3v) is 11.1. The topological polar surface area (TPSA) is 130 Å². The zero-order chi connectivity index (χ0) is 54.2. The second-order valence-electron chi connectivity index (χ2n) is 12.9. The first-order valence-corrected chi connectivity index (χ1v) is 19.6. The number of rotatable bonds is 9. The van der Waals surface area contributed by atoms with Crippen molar-refractivity contribution in [1.82, 2.24) is 29.7 Å². The van der Waals surface area contributed by atoms with Crippen molar-refractivity contribution in [2.75, 3.05) is 36.8 Å². The number of fused-ring (bicyclic) bond motifs is 2. The molecule has 6 aromatic rings. The number of aromatic nitrogens is 4. The molecule has 2 N–H and O–H groups in total. The van der Waals surface area contributed by atoms with Crippen LogP contribution in [0, 0.1) is 40.1 Å². The molecule has 300 valence electrons. The lowest BCUT2D eigenvalue weighted by molar-refractivity contribution is 0.211. The number of piperidine rings is 2.